The van der Waals surface area contributed by atoms with Crippen molar-refractivity contribution in [3.63, 3.8) is 0 Å². The summed E-state index contributed by atoms with van der Waals surface area (Å²) in [5, 5.41) is 9.68. The highest BCUT2D eigenvalue weighted by Crippen LogP contribution is 2.45. The summed E-state index contributed by atoms with van der Waals surface area (Å²) in [7, 11) is 0. The molecule has 2 saturated heterocycles. The van der Waals surface area contributed by atoms with Crippen molar-refractivity contribution in [3.8, 4) is 5.75 Å². The molecule has 0 bridgehead atoms. The largest absolute Gasteiger partial charge is 0.508 e. The van der Waals surface area contributed by atoms with Crippen molar-refractivity contribution in [2.24, 2.45) is 5.41 Å². The molecule has 1 atom stereocenters. The van der Waals surface area contributed by atoms with Gasteiger partial charge in [-0.3, -0.25) is 4.79 Å². The summed E-state index contributed by atoms with van der Waals surface area (Å²) in [5.41, 5.74) is 2.32. The van der Waals surface area contributed by atoms with Crippen molar-refractivity contribution in [3.05, 3.63) is 65.7 Å². The van der Waals surface area contributed by atoms with E-state index in [2.05, 4.69) is 42.2 Å². The lowest BCUT2D eigenvalue weighted by molar-refractivity contribution is 0.0158. The number of piperidine rings is 2. The van der Waals surface area contributed by atoms with Gasteiger partial charge in [-0.25, -0.2) is 0 Å². The minimum Gasteiger partial charge on any atom is -0.508 e. The first-order valence-electron chi connectivity index (χ1n) is 10.4. The van der Waals surface area contributed by atoms with Gasteiger partial charge in [0.1, 0.15) is 5.75 Å². The minimum absolute atomic E-state index is 0.0357. The fourth-order valence-corrected chi connectivity index (χ4v) is 5.06. The number of nitrogens with zero attached hydrogens (tertiary/aromatic N) is 2. The fraction of sp³-hybridized carbons (Fsp3) is 0.458. The van der Waals surface area contributed by atoms with Gasteiger partial charge in [0, 0.05) is 31.7 Å². The molecule has 2 fully saturated rings. The zero-order chi connectivity index (χ0) is 19.6. The lowest BCUT2D eigenvalue weighted by Gasteiger charge is -2.50. The third-order valence-corrected chi connectivity index (χ3v) is 6.64. The van der Waals surface area contributed by atoms with Crippen LogP contribution in [0, 0.1) is 5.41 Å². The second kappa shape index (κ2) is 7.96. The number of hydrogen-bond acceptors (Lipinski definition) is 3. The monoisotopic (exact) mass is 378 g/mol. The Balaban J connectivity index is 1.46. The van der Waals surface area contributed by atoms with Crippen LogP contribution in [0.3, 0.4) is 0 Å². The molecule has 0 radical (unpaired) electrons. The van der Waals surface area contributed by atoms with E-state index in [1.165, 1.54) is 12.0 Å². The second-order valence-corrected chi connectivity index (χ2v) is 8.48. The first-order chi connectivity index (χ1) is 13.6. The highest BCUT2D eigenvalue weighted by Gasteiger charge is 2.42. The predicted octanol–water partition coefficient (Wildman–Crippen LogP) is 4.12. The number of benzene rings is 2. The molecule has 1 N–H and O–H groups in total. The molecule has 0 saturated carbocycles. The summed E-state index contributed by atoms with van der Waals surface area (Å²) in [6.07, 6.45) is 3.32. The molecule has 2 aromatic rings. The Morgan fingerprint density at radius 1 is 1.11 bits per heavy atom. The van der Waals surface area contributed by atoms with Crippen LogP contribution < -0.4 is 0 Å². The molecule has 148 valence electrons. The smallest absolute Gasteiger partial charge is 0.253 e. The van der Waals surface area contributed by atoms with E-state index < -0.39 is 0 Å². The third kappa shape index (κ3) is 3.93. The van der Waals surface area contributed by atoms with Crippen molar-refractivity contribution in [2.75, 3.05) is 32.7 Å². The number of amides is 1. The molecule has 2 aliphatic rings. The molecule has 2 aliphatic heterocycles. The summed E-state index contributed by atoms with van der Waals surface area (Å²) in [5.74, 6) is 0.757. The van der Waals surface area contributed by atoms with Crippen LogP contribution in [-0.2, 0) is 0 Å². The first-order valence-corrected chi connectivity index (χ1v) is 10.4. The van der Waals surface area contributed by atoms with Gasteiger partial charge in [0.05, 0.1) is 0 Å². The van der Waals surface area contributed by atoms with E-state index in [9.17, 15) is 9.90 Å². The Morgan fingerprint density at radius 2 is 1.86 bits per heavy atom. The number of phenols is 1. The topological polar surface area (TPSA) is 43.8 Å². The van der Waals surface area contributed by atoms with Crippen LogP contribution in [-0.4, -0.2) is 53.5 Å². The van der Waals surface area contributed by atoms with Gasteiger partial charge in [-0.2, -0.15) is 0 Å². The van der Waals surface area contributed by atoms with Crippen molar-refractivity contribution >= 4 is 5.91 Å². The van der Waals surface area contributed by atoms with Crippen LogP contribution in [0.25, 0.3) is 0 Å². The molecule has 2 aromatic carbocycles. The van der Waals surface area contributed by atoms with Crippen LogP contribution in [0.2, 0.25) is 0 Å². The molecule has 0 aromatic heterocycles. The van der Waals surface area contributed by atoms with Gasteiger partial charge in [0.15, 0.2) is 0 Å². The number of phenolic OH excluding ortho intramolecular Hbond substituents is 1. The molecule has 0 unspecified atom stereocenters. The van der Waals surface area contributed by atoms with Gasteiger partial charge in [-0.15, -0.1) is 0 Å². The highest BCUT2D eigenvalue weighted by molar-refractivity contribution is 5.94. The normalized spacial score (nSPS) is 22.3. The summed E-state index contributed by atoms with van der Waals surface area (Å²) < 4.78 is 0. The molecular formula is C24H30N2O2. The Morgan fingerprint density at radius 3 is 2.54 bits per heavy atom. The summed E-state index contributed by atoms with van der Waals surface area (Å²) in [6, 6.07) is 17.6. The zero-order valence-corrected chi connectivity index (χ0v) is 16.7. The number of likely N-dealkylation sites (tertiary alicyclic amines) is 2. The van der Waals surface area contributed by atoms with Crippen molar-refractivity contribution in [1.29, 1.82) is 0 Å². The molecule has 4 rings (SSSR count). The van der Waals surface area contributed by atoms with E-state index in [4.69, 9.17) is 0 Å². The van der Waals surface area contributed by atoms with Crippen LogP contribution in [0.1, 0.15) is 48.0 Å². The maximum absolute atomic E-state index is 12.8. The van der Waals surface area contributed by atoms with Gasteiger partial charge in [-0.05, 0) is 60.9 Å². The Hall–Kier alpha value is -2.33. The molecule has 1 spiro atoms. The SMILES string of the molecule is CCN1C[C@H](c2ccccc2)CC2(CCN(C(=O)c3cccc(O)c3)CC2)C1. The van der Waals surface area contributed by atoms with E-state index in [-0.39, 0.29) is 11.7 Å². The van der Waals surface area contributed by atoms with Crippen molar-refractivity contribution in [1.82, 2.24) is 9.80 Å². The third-order valence-electron chi connectivity index (χ3n) is 6.64. The summed E-state index contributed by atoms with van der Waals surface area (Å²) in [4.78, 5) is 17.4. The fourth-order valence-electron chi connectivity index (χ4n) is 5.06. The molecular weight excluding hydrogens is 348 g/mol. The standard InChI is InChI=1S/C24H30N2O2/c1-2-25-17-21(19-7-4-3-5-8-19)16-24(18-25)11-13-26(14-12-24)23(28)20-9-6-10-22(27)15-20/h3-10,15,21,27H,2,11-14,16-18H2,1H3/t21-/m1/s1. The van der Waals surface area contributed by atoms with Crippen LogP contribution in [0.5, 0.6) is 5.75 Å². The van der Waals surface area contributed by atoms with E-state index in [0.717, 1.165) is 45.6 Å². The zero-order valence-electron chi connectivity index (χ0n) is 16.7. The Labute approximate surface area is 167 Å². The summed E-state index contributed by atoms with van der Waals surface area (Å²) in [6.45, 7) is 7.20. The Kier molecular flexibility index (Phi) is 5.40. The molecule has 4 nitrogen and oxygen atoms in total. The van der Waals surface area contributed by atoms with Gasteiger partial charge >= 0.3 is 0 Å². The van der Waals surface area contributed by atoms with E-state index in [1.54, 1.807) is 24.3 Å². The molecule has 0 aliphatic carbocycles. The quantitative estimate of drug-likeness (QED) is 0.874. The Bertz CT molecular complexity index is 812. The molecule has 1 amide bonds. The average Bonchev–Trinajstić information content (AvgIpc) is 2.74. The number of carbonyl (C=O) groups excluding carboxylic acids is 1. The first kappa shape index (κ1) is 19.0. The van der Waals surface area contributed by atoms with Gasteiger partial charge in [-0.1, -0.05) is 43.3 Å². The predicted molar refractivity (Wildman–Crippen MR) is 112 cm³/mol. The average molecular weight is 379 g/mol. The van der Waals surface area contributed by atoms with Crippen molar-refractivity contribution in [2.45, 2.75) is 32.1 Å². The van der Waals surface area contributed by atoms with Crippen molar-refractivity contribution < 1.29 is 9.90 Å². The number of rotatable bonds is 3. The highest BCUT2D eigenvalue weighted by atomic mass is 16.3. The lowest BCUT2D eigenvalue weighted by Crippen LogP contribution is -2.52. The van der Waals surface area contributed by atoms with Gasteiger partial charge in [0.2, 0.25) is 0 Å². The second-order valence-electron chi connectivity index (χ2n) is 8.48. The summed E-state index contributed by atoms with van der Waals surface area (Å²) >= 11 is 0. The lowest BCUT2D eigenvalue weighted by atomic mass is 9.68. The number of hydrogen-bond donors (Lipinski definition) is 1. The number of aromatic hydroxyl groups is 1. The maximum Gasteiger partial charge on any atom is 0.253 e. The number of carbonyl (C=O) groups is 1. The van der Waals surface area contributed by atoms with E-state index >= 15 is 0 Å². The van der Waals surface area contributed by atoms with E-state index in [1.807, 2.05) is 4.90 Å². The maximum atomic E-state index is 12.8. The van der Waals surface area contributed by atoms with E-state index in [0.29, 0.717) is 16.9 Å². The molecule has 28 heavy (non-hydrogen) atoms. The van der Waals surface area contributed by atoms with Crippen LogP contribution >= 0.6 is 0 Å². The molecule has 2 heterocycles. The van der Waals surface area contributed by atoms with Crippen LogP contribution in [0.4, 0.5) is 0 Å². The molecule has 4 heteroatoms. The number of likely N-dealkylation sites (N-methyl/N-ethyl adjacent to an activating group) is 1. The van der Waals surface area contributed by atoms with Gasteiger partial charge in [0.25, 0.3) is 5.91 Å². The van der Waals surface area contributed by atoms with Gasteiger partial charge < -0.3 is 14.9 Å². The minimum atomic E-state index is 0.0357. The van der Waals surface area contributed by atoms with Crippen LogP contribution in [0.15, 0.2) is 54.6 Å².